The van der Waals surface area contributed by atoms with Crippen molar-refractivity contribution in [2.45, 2.75) is 53.5 Å². The first-order valence-electron chi connectivity index (χ1n) is 5.51. The van der Waals surface area contributed by atoms with Gasteiger partial charge in [-0.3, -0.25) is 9.69 Å². The molecule has 0 N–H and O–H groups in total. The molecule has 0 aromatic carbocycles. The van der Waals surface area contributed by atoms with Crippen molar-refractivity contribution in [1.82, 2.24) is 4.90 Å². The van der Waals surface area contributed by atoms with Crippen LogP contribution in [-0.2, 0) is 4.79 Å². The third-order valence-corrected chi connectivity index (χ3v) is 2.87. The van der Waals surface area contributed by atoms with Crippen LogP contribution in [0.5, 0.6) is 0 Å². The zero-order valence-electron chi connectivity index (χ0n) is 10.6. The Hall–Kier alpha value is -0.370. The van der Waals surface area contributed by atoms with Crippen LogP contribution in [0.3, 0.4) is 0 Å². The SMILES string of the molecule is CCCC(=O)CN(C)C(C)C(C)(C)C. The molecule has 1 atom stereocenters. The monoisotopic (exact) mass is 199 g/mol. The largest absolute Gasteiger partial charge is 0.298 e. The predicted octanol–water partition coefficient (Wildman–Crippen LogP) is 2.72. The Balaban J connectivity index is 4.08. The van der Waals surface area contributed by atoms with Crippen LogP contribution in [0.15, 0.2) is 0 Å². The minimum absolute atomic E-state index is 0.237. The van der Waals surface area contributed by atoms with E-state index in [0.29, 0.717) is 24.8 Å². The number of carbonyl (C=O) groups is 1. The molecular formula is C12H25NO. The summed E-state index contributed by atoms with van der Waals surface area (Å²) < 4.78 is 0. The van der Waals surface area contributed by atoms with Gasteiger partial charge in [0.05, 0.1) is 6.54 Å². The third-order valence-electron chi connectivity index (χ3n) is 2.87. The smallest absolute Gasteiger partial charge is 0.146 e. The van der Waals surface area contributed by atoms with E-state index < -0.39 is 0 Å². The summed E-state index contributed by atoms with van der Waals surface area (Å²) in [5.74, 6) is 0.353. The topological polar surface area (TPSA) is 20.3 Å². The van der Waals surface area contributed by atoms with E-state index in [1.54, 1.807) is 0 Å². The molecule has 0 amide bonds. The Morgan fingerprint density at radius 2 is 1.86 bits per heavy atom. The van der Waals surface area contributed by atoms with Crippen molar-refractivity contribution in [2.24, 2.45) is 5.41 Å². The number of hydrogen-bond acceptors (Lipinski definition) is 2. The van der Waals surface area contributed by atoms with Crippen LogP contribution in [0.1, 0.15) is 47.5 Å². The van der Waals surface area contributed by atoms with Gasteiger partial charge in [0.1, 0.15) is 5.78 Å². The number of ketones is 1. The minimum atomic E-state index is 0.237. The van der Waals surface area contributed by atoms with Crippen molar-refractivity contribution in [3.8, 4) is 0 Å². The molecule has 0 aliphatic carbocycles. The molecule has 84 valence electrons. The lowest BCUT2D eigenvalue weighted by Crippen LogP contribution is -2.41. The molecule has 2 heteroatoms. The molecule has 0 rings (SSSR count). The molecular weight excluding hydrogens is 174 g/mol. The summed E-state index contributed by atoms with van der Waals surface area (Å²) in [4.78, 5) is 13.6. The van der Waals surface area contributed by atoms with Crippen molar-refractivity contribution in [3.63, 3.8) is 0 Å². The normalized spacial score (nSPS) is 14.5. The van der Waals surface area contributed by atoms with Crippen LogP contribution in [0.2, 0.25) is 0 Å². The fraction of sp³-hybridized carbons (Fsp3) is 0.917. The van der Waals surface area contributed by atoms with Crippen molar-refractivity contribution >= 4 is 5.78 Å². The van der Waals surface area contributed by atoms with Crippen LogP contribution < -0.4 is 0 Å². The Morgan fingerprint density at radius 1 is 1.36 bits per heavy atom. The summed E-state index contributed by atoms with van der Waals surface area (Å²) in [6.45, 7) is 11.4. The average Bonchev–Trinajstić information content (AvgIpc) is 2.01. The molecule has 2 nitrogen and oxygen atoms in total. The minimum Gasteiger partial charge on any atom is -0.298 e. The number of likely N-dealkylation sites (N-methyl/N-ethyl adjacent to an activating group) is 1. The van der Waals surface area contributed by atoms with Crippen molar-refractivity contribution < 1.29 is 4.79 Å². The lowest BCUT2D eigenvalue weighted by Gasteiger charge is -2.34. The average molecular weight is 199 g/mol. The van der Waals surface area contributed by atoms with Gasteiger partial charge < -0.3 is 0 Å². The Labute approximate surface area is 88.7 Å². The number of rotatable bonds is 5. The molecule has 0 aliphatic rings. The number of hydrogen-bond donors (Lipinski definition) is 0. The van der Waals surface area contributed by atoms with E-state index in [0.717, 1.165) is 6.42 Å². The highest BCUT2D eigenvalue weighted by Gasteiger charge is 2.24. The lowest BCUT2D eigenvalue weighted by atomic mass is 9.87. The van der Waals surface area contributed by atoms with Gasteiger partial charge in [-0.15, -0.1) is 0 Å². The molecule has 0 spiro atoms. The van der Waals surface area contributed by atoms with Gasteiger partial charge in [-0.1, -0.05) is 27.7 Å². The molecule has 0 saturated heterocycles. The van der Waals surface area contributed by atoms with Crippen LogP contribution in [0, 0.1) is 5.41 Å². The Morgan fingerprint density at radius 3 is 2.21 bits per heavy atom. The van der Waals surface area contributed by atoms with Gasteiger partial charge in [0, 0.05) is 12.5 Å². The second kappa shape index (κ2) is 5.50. The first kappa shape index (κ1) is 13.6. The molecule has 0 heterocycles. The second-order valence-corrected chi connectivity index (χ2v) is 5.25. The van der Waals surface area contributed by atoms with Crippen LogP contribution in [0.25, 0.3) is 0 Å². The van der Waals surface area contributed by atoms with E-state index in [1.807, 2.05) is 14.0 Å². The van der Waals surface area contributed by atoms with E-state index >= 15 is 0 Å². The summed E-state index contributed by atoms with van der Waals surface area (Å²) in [5, 5.41) is 0. The fourth-order valence-corrected chi connectivity index (χ4v) is 1.43. The van der Waals surface area contributed by atoms with Crippen LogP contribution in [0.4, 0.5) is 0 Å². The first-order valence-corrected chi connectivity index (χ1v) is 5.51. The number of carbonyl (C=O) groups excluding carboxylic acids is 1. The van der Waals surface area contributed by atoms with Gasteiger partial charge in [0.25, 0.3) is 0 Å². The maximum Gasteiger partial charge on any atom is 0.146 e. The highest BCUT2D eigenvalue weighted by Crippen LogP contribution is 2.22. The number of Topliss-reactive ketones (excluding diaryl/α,β-unsaturated/α-hetero) is 1. The molecule has 1 unspecified atom stereocenters. The van der Waals surface area contributed by atoms with Crippen molar-refractivity contribution in [2.75, 3.05) is 13.6 Å². The van der Waals surface area contributed by atoms with Crippen LogP contribution in [-0.4, -0.2) is 30.3 Å². The highest BCUT2D eigenvalue weighted by atomic mass is 16.1. The van der Waals surface area contributed by atoms with Crippen molar-refractivity contribution in [1.29, 1.82) is 0 Å². The zero-order chi connectivity index (χ0) is 11.4. The fourth-order valence-electron chi connectivity index (χ4n) is 1.43. The van der Waals surface area contributed by atoms with Crippen molar-refractivity contribution in [3.05, 3.63) is 0 Å². The van der Waals surface area contributed by atoms with E-state index in [9.17, 15) is 4.79 Å². The molecule has 14 heavy (non-hydrogen) atoms. The molecule has 0 aliphatic heterocycles. The zero-order valence-corrected chi connectivity index (χ0v) is 10.6. The highest BCUT2D eigenvalue weighted by molar-refractivity contribution is 5.80. The maximum atomic E-state index is 11.4. The van der Waals surface area contributed by atoms with Gasteiger partial charge >= 0.3 is 0 Å². The van der Waals surface area contributed by atoms with Gasteiger partial charge in [0.2, 0.25) is 0 Å². The quantitative estimate of drug-likeness (QED) is 0.678. The summed E-state index contributed by atoms with van der Waals surface area (Å²) in [7, 11) is 2.03. The molecule has 0 saturated carbocycles. The van der Waals surface area contributed by atoms with Gasteiger partial charge in [-0.25, -0.2) is 0 Å². The van der Waals surface area contributed by atoms with Crippen LogP contribution >= 0.6 is 0 Å². The van der Waals surface area contributed by atoms with Gasteiger partial charge in [-0.2, -0.15) is 0 Å². The molecule has 0 radical (unpaired) electrons. The van der Waals surface area contributed by atoms with E-state index in [-0.39, 0.29) is 5.41 Å². The summed E-state index contributed by atoms with van der Waals surface area (Å²) >= 11 is 0. The Kier molecular flexibility index (Phi) is 5.35. The maximum absolute atomic E-state index is 11.4. The summed E-state index contributed by atoms with van der Waals surface area (Å²) in [6.07, 6.45) is 1.66. The Bertz CT molecular complexity index is 181. The van der Waals surface area contributed by atoms with E-state index in [2.05, 4.69) is 32.6 Å². The predicted molar refractivity (Wildman–Crippen MR) is 61.5 cm³/mol. The molecule has 0 aromatic heterocycles. The summed E-state index contributed by atoms with van der Waals surface area (Å²) in [5.41, 5.74) is 0.237. The van der Waals surface area contributed by atoms with E-state index in [4.69, 9.17) is 0 Å². The van der Waals surface area contributed by atoms with Gasteiger partial charge in [-0.05, 0) is 25.8 Å². The standard InChI is InChI=1S/C12H25NO/c1-7-8-11(14)9-13(6)10(2)12(3,4)5/h10H,7-9H2,1-6H3. The number of nitrogens with zero attached hydrogens (tertiary/aromatic N) is 1. The molecule has 0 aromatic rings. The van der Waals surface area contributed by atoms with E-state index in [1.165, 1.54) is 0 Å². The third kappa shape index (κ3) is 4.75. The second-order valence-electron chi connectivity index (χ2n) is 5.25. The molecule has 0 bridgehead atoms. The lowest BCUT2D eigenvalue weighted by molar-refractivity contribution is -0.120. The summed E-state index contributed by atoms with van der Waals surface area (Å²) in [6, 6.07) is 0.434. The van der Waals surface area contributed by atoms with Gasteiger partial charge in [0.15, 0.2) is 0 Å². The first-order chi connectivity index (χ1) is 6.29. The molecule has 0 fully saturated rings.